The van der Waals surface area contributed by atoms with Crippen molar-refractivity contribution in [1.82, 2.24) is 0 Å². The Morgan fingerprint density at radius 2 is 2.12 bits per heavy atom. The van der Waals surface area contributed by atoms with E-state index in [4.69, 9.17) is 5.11 Å². The molecule has 0 aliphatic heterocycles. The number of hydrogen-bond donors (Lipinski definition) is 1. The van der Waals surface area contributed by atoms with Crippen molar-refractivity contribution in [1.29, 1.82) is 0 Å². The van der Waals surface area contributed by atoms with Crippen LogP contribution in [0.3, 0.4) is 0 Å². The van der Waals surface area contributed by atoms with Crippen LogP contribution in [0.2, 0.25) is 0 Å². The van der Waals surface area contributed by atoms with Crippen LogP contribution in [-0.4, -0.2) is 11.1 Å². The lowest BCUT2D eigenvalue weighted by atomic mass is 10.5. The van der Waals surface area contributed by atoms with E-state index in [1.807, 2.05) is 22.6 Å². The summed E-state index contributed by atoms with van der Waals surface area (Å²) in [7, 11) is 0. The molecule has 1 N–H and O–H groups in total. The lowest BCUT2D eigenvalue weighted by Gasteiger charge is -1.71. The molecule has 0 aromatic carbocycles. The van der Waals surface area contributed by atoms with Gasteiger partial charge in [0, 0.05) is 6.08 Å². The Morgan fingerprint density at radius 3 is 2.50 bits per heavy atom. The molecular formula is C5H5IO2. The molecule has 0 spiro atoms. The van der Waals surface area contributed by atoms with Crippen LogP contribution in [0, 0.1) is 0 Å². The molecule has 0 atom stereocenters. The number of hydrogen-bond acceptors (Lipinski definition) is 1. The predicted octanol–water partition coefficient (Wildman–Crippen LogP) is 1.58. The van der Waals surface area contributed by atoms with Crippen molar-refractivity contribution in [2.45, 2.75) is 0 Å². The van der Waals surface area contributed by atoms with E-state index >= 15 is 0 Å². The fourth-order valence-electron chi connectivity index (χ4n) is 0.180. The molecule has 0 unspecified atom stereocenters. The summed E-state index contributed by atoms with van der Waals surface area (Å²) in [6, 6.07) is 0. The molecule has 0 saturated heterocycles. The van der Waals surface area contributed by atoms with Gasteiger partial charge in [-0.3, -0.25) is 0 Å². The largest absolute Gasteiger partial charge is 0.478 e. The SMILES string of the molecule is O=C(O)/C=C\C=C\I. The molecule has 0 aliphatic carbocycles. The van der Waals surface area contributed by atoms with Gasteiger partial charge in [-0.2, -0.15) is 0 Å². The van der Waals surface area contributed by atoms with Crippen LogP contribution in [0.4, 0.5) is 0 Å². The van der Waals surface area contributed by atoms with Crippen molar-refractivity contribution >= 4 is 28.6 Å². The van der Waals surface area contributed by atoms with E-state index < -0.39 is 5.97 Å². The summed E-state index contributed by atoms with van der Waals surface area (Å²) in [6.45, 7) is 0. The quantitative estimate of drug-likeness (QED) is 0.439. The molecule has 0 saturated carbocycles. The van der Waals surface area contributed by atoms with Gasteiger partial charge in [0.05, 0.1) is 0 Å². The monoisotopic (exact) mass is 224 g/mol. The molecule has 0 amide bonds. The maximum Gasteiger partial charge on any atom is 0.328 e. The first kappa shape index (κ1) is 7.68. The highest BCUT2D eigenvalue weighted by molar-refractivity contribution is 14.1. The third-order valence-corrected chi connectivity index (χ3v) is 0.838. The average molecular weight is 224 g/mol. The zero-order valence-electron chi connectivity index (χ0n) is 4.04. The van der Waals surface area contributed by atoms with Crippen molar-refractivity contribution in [2.75, 3.05) is 0 Å². The average Bonchev–Trinajstić information content (AvgIpc) is 1.66. The van der Waals surface area contributed by atoms with E-state index in [0.717, 1.165) is 6.08 Å². The van der Waals surface area contributed by atoms with Crippen LogP contribution in [-0.2, 0) is 4.79 Å². The van der Waals surface area contributed by atoms with E-state index in [1.54, 1.807) is 10.2 Å². The van der Waals surface area contributed by atoms with Gasteiger partial charge < -0.3 is 5.11 Å². The highest BCUT2D eigenvalue weighted by atomic mass is 127. The molecule has 0 aliphatic rings. The summed E-state index contributed by atoms with van der Waals surface area (Å²) in [5.74, 6) is -0.917. The minimum Gasteiger partial charge on any atom is -0.478 e. The maximum atomic E-state index is 9.75. The number of carboxylic acid groups (broad SMARTS) is 1. The van der Waals surface area contributed by atoms with Crippen LogP contribution in [0.5, 0.6) is 0 Å². The van der Waals surface area contributed by atoms with Crippen LogP contribution in [0.15, 0.2) is 22.3 Å². The zero-order valence-corrected chi connectivity index (χ0v) is 6.20. The minimum atomic E-state index is -0.917. The second-order valence-corrected chi connectivity index (χ2v) is 1.73. The van der Waals surface area contributed by atoms with Crippen molar-refractivity contribution in [3.05, 3.63) is 22.3 Å². The van der Waals surface area contributed by atoms with Crippen LogP contribution in [0.25, 0.3) is 0 Å². The topological polar surface area (TPSA) is 37.3 Å². The van der Waals surface area contributed by atoms with Gasteiger partial charge in [0.1, 0.15) is 0 Å². The molecule has 0 radical (unpaired) electrons. The number of halogens is 1. The van der Waals surface area contributed by atoms with E-state index in [0.29, 0.717) is 0 Å². The van der Waals surface area contributed by atoms with E-state index in [1.165, 1.54) is 6.08 Å². The normalized spacial score (nSPS) is 11.1. The van der Waals surface area contributed by atoms with Gasteiger partial charge >= 0.3 is 5.97 Å². The Bertz CT molecular complexity index is 126. The summed E-state index contributed by atoms with van der Waals surface area (Å²) in [6.07, 6.45) is 4.19. The number of rotatable bonds is 2. The molecule has 0 fully saturated rings. The number of aliphatic carboxylic acids is 1. The lowest BCUT2D eigenvalue weighted by Crippen LogP contribution is -1.83. The van der Waals surface area contributed by atoms with E-state index in [-0.39, 0.29) is 0 Å². The van der Waals surface area contributed by atoms with Crippen molar-refractivity contribution in [2.24, 2.45) is 0 Å². The van der Waals surface area contributed by atoms with Gasteiger partial charge in [0.25, 0.3) is 0 Å². The van der Waals surface area contributed by atoms with Crippen LogP contribution in [0.1, 0.15) is 0 Å². The number of carbonyl (C=O) groups is 1. The maximum absolute atomic E-state index is 9.75. The first-order valence-corrected chi connectivity index (χ1v) is 3.18. The molecule has 0 heterocycles. The van der Waals surface area contributed by atoms with Gasteiger partial charge in [0.2, 0.25) is 0 Å². The van der Waals surface area contributed by atoms with Crippen molar-refractivity contribution < 1.29 is 9.90 Å². The van der Waals surface area contributed by atoms with Gasteiger partial charge in [-0.25, -0.2) is 4.79 Å². The summed E-state index contributed by atoms with van der Waals surface area (Å²) in [5, 5.41) is 8.02. The molecule has 0 bridgehead atoms. The Balaban J connectivity index is 3.50. The van der Waals surface area contributed by atoms with Gasteiger partial charge in [0.15, 0.2) is 0 Å². The highest BCUT2D eigenvalue weighted by Crippen LogP contribution is 1.83. The summed E-state index contributed by atoms with van der Waals surface area (Å²) in [5.41, 5.74) is 0. The highest BCUT2D eigenvalue weighted by Gasteiger charge is 1.78. The fourth-order valence-corrected chi connectivity index (χ4v) is 0.420. The Morgan fingerprint density at radius 1 is 1.50 bits per heavy atom. The van der Waals surface area contributed by atoms with Crippen LogP contribution < -0.4 is 0 Å². The summed E-state index contributed by atoms with van der Waals surface area (Å²) < 4.78 is 1.73. The molecule has 0 rings (SSSR count). The predicted molar refractivity (Wildman–Crippen MR) is 39.9 cm³/mol. The van der Waals surface area contributed by atoms with Crippen LogP contribution >= 0.6 is 22.6 Å². The smallest absolute Gasteiger partial charge is 0.328 e. The zero-order chi connectivity index (χ0) is 6.41. The van der Waals surface area contributed by atoms with E-state index in [2.05, 4.69) is 0 Å². The van der Waals surface area contributed by atoms with Gasteiger partial charge in [-0.15, -0.1) is 0 Å². The molecule has 3 heteroatoms. The first-order chi connectivity index (χ1) is 3.77. The molecular weight excluding hydrogens is 219 g/mol. The third-order valence-electron chi connectivity index (χ3n) is 0.423. The lowest BCUT2D eigenvalue weighted by molar-refractivity contribution is -0.131. The molecule has 0 aromatic heterocycles. The number of allylic oxidation sites excluding steroid dienone is 2. The Hall–Kier alpha value is -0.320. The second-order valence-electron chi connectivity index (χ2n) is 1.02. The van der Waals surface area contributed by atoms with Gasteiger partial charge in [-0.05, 0) is 4.08 Å². The third kappa shape index (κ3) is 5.68. The van der Waals surface area contributed by atoms with Crippen molar-refractivity contribution in [3.63, 3.8) is 0 Å². The second kappa shape index (κ2) is 4.83. The molecule has 2 nitrogen and oxygen atoms in total. The summed E-state index contributed by atoms with van der Waals surface area (Å²) >= 11 is 2.01. The van der Waals surface area contributed by atoms with Gasteiger partial charge in [-0.1, -0.05) is 34.7 Å². The van der Waals surface area contributed by atoms with Crippen molar-refractivity contribution in [3.8, 4) is 0 Å². The standard InChI is InChI=1S/C5H5IO2/c6-4-2-1-3-5(7)8/h1-4H,(H,7,8)/b3-1-,4-2+. The first-order valence-electron chi connectivity index (χ1n) is 1.93. The number of carboxylic acids is 1. The fraction of sp³-hybridized carbons (Fsp3) is 0. The Kier molecular flexibility index (Phi) is 4.64. The Labute approximate surface area is 61.0 Å². The minimum absolute atomic E-state index is 0.917. The molecule has 8 heavy (non-hydrogen) atoms. The van der Waals surface area contributed by atoms with E-state index in [9.17, 15) is 4.79 Å². The summed E-state index contributed by atoms with van der Waals surface area (Å²) in [4.78, 5) is 9.75. The molecule has 44 valence electrons. The molecule has 0 aromatic rings.